The zero-order valence-corrected chi connectivity index (χ0v) is 10.6. The highest BCUT2D eigenvalue weighted by Gasteiger charge is 2.26. The first-order valence-electron chi connectivity index (χ1n) is 6.22. The first-order valence-corrected chi connectivity index (χ1v) is 6.22. The molecule has 5 heteroatoms. The molecule has 1 aliphatic heterocycles. The molecular weight excluding hydrogens is 230 g/mol. The molecule has 5 nitrogen and oxygen atoms in total. The predicted octanol–water partition coefficient (Wildman–Crippen LogP) is 0.964. The molecule has 2 rings (SSSR count). The van der Waals surface area contributed by atoms with Gasteiger partial charge in [0, 0.05) is 13.7 Å². The largest absolute Gasteiger partial charge is 0.383 e. The summed E-state index contributed by atoms with van der Waals surface area (Å²) in [7, 11) is 1.71. The fourth-order valence-corrected chi connectivity index (χ4v) is 2.41. The molecule has 0 bridgehead atoms. The SMILES string of the molecule is COCCN1CCC[C@@H]1c1cccc(C(N)=O)n1. The maximum Gasteiger partial charge on any atom is 0.267 e. The van der Waals surface area contributed by atoms with Crippen LogP contribution in [0.5, 0.6) is 0 Å². The maximum absolute atomic E-state index is 11.1. The fourth-order valence-electron chi connectivity index (χ4n) is 2.41. The molecule has 1 aromatic heterocycles. The van der Waals surface area contributed by atoms with Crippen molar-refractivity contribution in [3.8, 4) is 0 Å². The van der Waals surface area contributed by atoms with Crippen molar-refractivity contribution in [2.24, 2.45) is 5.73 Å². The highest BCUT2D eigenvalue weighted by Crippen LogP contribution is 2.30. The van der Waals surface area contributed by atoms with Gasteiger partial charge in [-0.15, -0.1) is 0 Å². The van der Waals surface area contributed by atoms with Crippen LogP contribution >= 0.6 is 0 Å². The van der Waals surface area contributed by atoms with Crippen LogP contribution in [-0.2, 0) is 4.74 Å². The third-order valence-corrected chi connectivity index (χ3v) is 3.31. The summed E-state index contributed by atoms with van der Waals surface area (Å²) in [5.41, 5.74) is 6.53. The number of hydrogen-bond acceptors (Lipinski definition) is 4. The van der Waals surface area contributed by atoms with Crippen LogP contribution < -0.4 is 5.73 Å². The quantitative estimate of drug-likeness (QED) is 0.844. The van der Waals surface area contributed by atoms with Crippen molar-refractivity contribution < 1.29 is 9.53 Å². The highest BCUT2D eigenvalue weighted by molar-refractivity contribution is 5.90. The second kappa shape index (κ2) is 5.93. The lowest BCUT2D eigenvalue weighted by atomic mass is 10.1. The van der Waals surface area contributed by atoms with Gasteiger partial charge in [0.15, 0.2) is 0 Å². The molecule has 18 heavy (non-hydrogen) atoms. The molecule has 0 aliphatic carbocycles. The van der Waals surface area contributed by atoms with Gasteiger partial charge in [0.05, 0.1) is 18.3 Å². The third kappa shape index (κ3) is 2.86. The van der Waals surface area contributed by atoms with Gasteiger partial charge in [0.1, 0.15) is 5.69 Å². The van der Waals surface area contributed by atoms with E-state index in [4.69, 9.17) is 10.5 Å². The van der Waals surface area contributed by atoms with E-state index < -0.39 is 5.91 Å². The van der Waals surface area contributed by atoms with Crippen LogP contribution in [0.1, 0.15) is 35.1 Å². The Labute approximate surface area is 107 Å². The molecule has 0 saturated carbocycles. The van der Waals surface area contributed by atoms with Crippen LogP contribution in [0.4, 0.5) is 0 Å². The number of carbonyl (C=O) groups excluding carboxylic acids is 1. The lowest BCUT2D eigenvalue weighted by molar-refractivity contribution is 0.0994. The standard InChI is InChI=1S/C13H19N3O2/c1-18-9-8-16-7-3-6-12(16)10-4-2-5-11(15-10)13(14)17/h2,4-5,12H,3,6-9H2,1H3,(H2,14,17)/t12-/m1/s1. The van der Waals surface area contributed by atoms with Gasteiger partial charge < -0.3 is 10.5 Å². The van der Waals surface area contributed by atoms with Gasteiger partial charge in [0.2, 0.25) is 0 Å². The number of nitrogens with two attached hydrogens (primary N) is 1. The smallest absolute Gasteiger partial charge is 0.267 e. The van der Waals surface area contributed by atoms with E-state index in [1.807, 2.05) is 12.1 Å². The Balaban J connectivity index is 2.14. The minimum absolute atomic E-state index is 0.277. The van der Waals surface area contributed by atoms with Crippen molar-refractivity contribution in [3.63, 3.8) is 0 Å². The fraction of sp³-hybridized carbons (Fsp3) is 0.538. The van der Waals surface area contributed by atoms with Gasteiger partial charge in [0.25, 0.3) is 5.91 Å². The Hall–Kier alpha value is -1.46. The van der Waals surface area contributed by atoms with Gasteiger partial charge in [-0.1, -0.05) is 6.07 Å². The number of nitrogens with zero attached hydrogens (tertiary/aromatic N) is 2. The second-order valence-corrected chi connectivity index (χ2v) is 4.50. The van der Waals surface area contributed by atoms with Gasteiger partial charge in [-0.05, 0) is 31.5 Å². The number of aromatic nitrogens is 1. The lowest BCUT2D eigenvalue weighted by Gasteiger charge is -2.23. The summed E-state index contributed by atoms with van der Waals surface area (Å²) in [4.78, 5) is 17.8. The first kappa shape index (κ1) is 13.0. The van der Waals surface area contributed by atoms with E-state index in [0.29, 0.717) is 12.3 Å². The number of rotatable bonds is 5. The molecule has 1 aliphatic rings. The number of pyridine rings is 1. The molecule has 1 saturated heterocycles. The molecule has 98 valence electrons. The van der Waals surface area contributed by atoms with Crippen molar-refractivity contribution >= 4 is 5.91 Å². The zero-order chi connectivity index (χ0) is 13.0. The van der Waals surface area contributed by atoms with E-state index in [-0.39, 0.29) is 6.04 Å². The van der Waals surface area contributed by atoms with Crippen molar-refractivity contribution in [1.82, 2.24) is 9.88 Å². The monoisotopic (exact) mass is 249 g/mol. The molecular formula is C13H19N3O2. The summed E-state index contributed by atoms with van der Waals surface area (Å²) in [6.45, 7) is 2.66. The second-order valence-electron chi connectivity index (χ2n) is 4.50. The van der Waals surface area contributed by atoms with E-state index in [0.717, 1.165) is 31.6 Å². The summed E-state index contributed by atoms with van der Waals surface area (Å²) in [6.07, 6.45) is 2.22. The predicted molar refractivity (Wildman–Crippen MR) is 68.2 cm³/mol. The number of methoxy groups -OCH3 is 1. The molecule has 2 heterocycles. The van der Waals surface area contributed by atoms with Crippen molar-refractivity contribution in [2.45, 2.75) is 18.9 Å². The van der Waals surface area contributed by atoms with Gasteiger partial charge in [-0.3, -0.25) is 9.69 Å². The minimum atomic E-state index is -0.474. The van der Waals surface area contributed by atoms with Gasteiger partial charge >= 0.3 is 0 Å². The Morgan fingerprint density at radius 3 is 3.17 bits per heavy atom. The van der Waals surface area contributed by atoms with E-state index in [2.05, 4.69) is 9.88 Å². The van der Waals surface area contributed by atoms with Crippen molar-refractivity contribution in [2.75, 3.05) is 26.8 Å². The van der Waals surface area contributed by atoms with Crippen molar-refractivity contribution in [1.29, 1.82) is 0 Å². The number of ether oxygens (including phenoxy) is 1. The van der Waals surface area contributed by atoms with Crippen LogP contribution in [-0.4, -0.2) is 42.6 Å². The van der Waals surface area contributed by atoms with Gasteiger partial charge in [-0.2, -0.15) is 0 Å². The summed E-state index contributed by atoms with van der Waals surface area (Å²) >= 11 is 0. The van der Waals surface area contributed by atoms with Gasteiger partial charge in [-0.25, -0.2) is 4.98 Å². The van der Waals surface area contributed by atoms with E-state index in [9.17, 15) is 4.79 Å². The summed E-state index contributed by atoms with van der Waals surface area (Å²) in [6, 6.07) is 5.73. The average Bonchev–Trinajstić information content (AvgIpc) is 2.84. The lowest BCUT2D eigenvalue weighted by Crippen LogP contribution is -2.28. The normalized spacial score (nSPS) is 20.2. The Kier molecular flexibility index (Phi) is 4.28. The molecule has 1 aromatic rings. The molecule has 1 amide bonds. The zero-order valence-electron chi connectivity index (χ0n) is 10.6. The number of primary amides is 1. The summed E-state index contributed by atoms with van der Waals surface area (Å²) < 4.78 is 5.11. The third-order valence-electron chi connectivity index (χ3n) is 3.31. The first-order chi connectivity index (χ1) is 8.72. The minimum Gasteiger partial charge on any atom is -0.383 e. The Morgan fingerprint density at radius 1 is 1.61 bits per heavy atom. The average molecular weight is 249 g/mol. The highest BCUT2D eigenvalue weighted by atomic mass is 16.5. The Morgan fingerprint density at radius 2 is 2.44 bits per heavy atom. The van der Waals surface area contributed by atoms with Crippen molar-refractivity contribution in [3.05, 3.63) is 29.6 Å². The van der Waals surface area contributed by atoms with E-state index in [1.165, 1.54) is 0 Å². The van der Waals surface area contributed by atoms with Crippen LogP contribution in [0.3, 0.4) is 0 Å². The van der Waals surface area contributed by atoms with Crippen LogP contribution in [0.25, 0.3) is 0 Å². The molecule has 0 spiro atoms. The molecule has 0 radical (unpaired) electrons. The van der Waals surface area contributed by atoms with E-state index >= 15 is 0 Å². The molecule has 1 atom stereocenters. The van der Waals surface area contributed by atoms with Crippen LogP contribution in [0.2, 0.25) is 0 Å². The number of hydrogen-bond donors (Lipinski definition) is 1. The molecule has 0 aromatic carbocycles. The number of carbonyl (C=O) groups is 1. The topological polar surface area (TPSA) is 68.5 Å². The van der Waals surface area contributed by atoms with Crippen LogP contribution in [0.15, 0.2) is 18.2 Å². The summed E-state index contributed by atoms with van der Waals surface area (Å²) in [5, 5.41) is 0. The maximum atomic E-state index is 11.1. The van der Waals surface area contributed by atoms with Crippen LogP contribution in [0, 0.1) is 0 Å². The molecule has 2 N–H and O–H groups in total. The van der Waals surface area contributed by atoms with E-state index in [1.54, 1.807) is 13.2 Å². The molecule has 1 fully saturated rings. The molecule has 0 unspecified atom stereocenters. The Bertz CT molecular complexity index is 422. The number of amides is 1. The summed E-state index contributed by atoms with van der Waals surface area (Å²) in [5.74, 6) is -0.474. The number of likely N-dealkylation sites (tertiary alicyclic amines) is 1.